The number of carbonyl (C=O) groups excluding carboxylic acids is 1. The zero-order valence-electron chi connectivity index (χ0n) is 12.8. The monoisotopic (exact) mass is 378 g/mol. The number of hydrogen-bond acceptors (Lipinski definition) is 5. The molecular weight excluding hydrogens is 367 g/mol. The largest absolute Gasteiger partial charge is 0.486 e. The molecule has 0 aliphatic carbocycles. The van der Waals surface area contributed by atoms with Crippen molar-refractivity contribution < 1.29 is 19.0 Å². The van der Waals surface area contributed by atoms with Crippen molar-refractivity contribution in [1.82, 2.24) is 0 Å². The molecule has 0 unspecified atom stereocenters. The molecule has 2 aromatic rings. The van der Waals surface area contributed by atoms with Crippen molar-refractivity contribution in [2.75, 3.05) is 25.1 Å². The van der Waals surface area contributed by atoms with Crippen LogP contribution in [0.4, 0.5) is 5.69 Å². The van der Waals surface area contributed by atoms with Gasteiger partial charge in [-0.15, -0.1) is 0 Å². The molecule has 0 spiro atoms. The van der Waals surface area contributed by atoms with Crippen molar-refractivity contribution in [2.45, 2.75) is 0 Å². The Labute approximate surface area is 153 Å². The molecule has 1 amide bonds. The first kappa shape index (κ1) is 17.2. The summed E-state index contributed by atoms with van der Waals surface area (Å²) in [6.07, 6.45) is 0. The molecule has 1 aliphatic heterocycles. The van der Waals surface area contributed by atoms with Crippen LogP contribution < -0.4 is 19.5 Å². The average Bonchev–Trinajstić information content (AvgIpc) is 2.61. The highest BCUT2D eigenvalue weighted by Crippen LogP contribution is 2.38. The molecule has 3 rings (SSSR count). The van der Waals surface area contributed by atoms with Crippen LogP contribution in [0, 0.1) is 11.3 Å². The van der Waals surface area contributed by atoms with E-state index in [2.05, 4.69) is 5.32 Å². The van der Waals surface area contributed by atoms with E-state index in [0.717, 1.165) is 0 Å². The Bertz CT molecular complexity index is 864. The molecule has 1 N–H and O–H groups in total. The van der Waals surface area contributed by atoms with E-state index in [9.17, 15) is 4.79 Å². The second-order valence-corrected chi connectivity index (χ2v) is 5.88. The SMILES string of the molecule is N#Cc1ccc(OCC(=O)Nc2cc3c(cc2Cl)OCCO3)c(Cl)c1. The van der Waals surface area contributed by atoms with E-state index < -0.39 is 5.91 Å². The molecule has 8 heteroatoms. The van der Waals surface area contributed by atoms with Crippen LogP contribution in [-0.4, -0.2) is 25.7 Å². The Morgan fingerprint density at radius 2 is 1.88 bits per heavy atom. The van der Waals surface area contributed by atoms with Crippen LogP contribution in [0.3, 0.4) is 0 Å². The van der Waals surface area contributed by atoms with Gasteiger partial charge in [0.1, 0.15) is 19.0 Å². The van der Waals surface area contributed by atoms with Crippen LogP contribution in [0.15, 0.2) is 30.3 Å². The van der Waals surface area contributed by atoms with Crippen molar-refractivity contribution in [3.8, 4) is 23.3 Å². The van der Waals surface area contributed by atoms with Crippen LogP contribution in [0.2, 0.25) is 10.0 Å². The fraction of sp³-hybridized carbons (Fsp3) is 0.176. The van der Waals surface area contributed by atoms with Crippen molar-refractivity contribution in [2.24, 2.45) is 0 Å². The van der Waals surface area contributed by atoms with E-state index in [4.69, 9.17) is 42.7 Å². The zero-order chi connectivity index (χ0) is 17.8. The summed E-state index contributed by atoms with van der Waals surface area (Å²) in [4.78, 5) is 12.1. The van der Waals surface area contributed by atoms with Crippen LogP contribution in [-0.2, 0) is 4.79 Å². The van der Waals surface area contributed by atoms with Gasteiger partial charge in [-0.05, 0) is 18.2 Å². The Morgan fingerprint density at radius 3 is 2.56 bits per heavy atom. The summed E-state index contributed by atoms with van der Waals surface area (Å²) in [7, 11) is 0. The van der Waals surface area contributed by atoms with Crippen LogP contribution in [0.25, 0.3) is 0 Å². The Kier molecular flexibility index (Phi) is 5.17. The standard InChI is InChI=1S/C17H12Cl2N2O4/c18-11-6-15-16(24-4-3-23-15)7-13(11)21-17(22)9-25-14-2-1-10(8-20)5-12(14)19/h1-2,5-7H,3-4,9H2,(H,21,22). The van der Waals surface area contributed by atoms with Gasteiger partial charge in [-0.2, -0.15) is 5.26 Å². The van der Waals surface area contributed by atoms with Gasteiger partial charge in [0.05, 0.1) is 27.4 Å². The lowest BCUT2D eigenvalue weighted by Crippen LogP contribution is -2.21. The Morgan fingerprint density at radius 1 is 1.16 bits per heavy atom. The maximum Gasteiger partial charge on any atom is 0.262 e. The molecule has 6 nitrogen and oxygen atoms in total. The third-order valence-electron chi connectivity index (χ3n) is 3.33. The molecule has 25 heavy (non-hydrogen) atoms. The minimum Gasteiger partial charge on any atom is -0.486 e. The number of nitrogens with zero attached hydrogens (tertiary/aromatic N) is 1. The number of amides is 1. The summed E-state index contributed by atoms with van der Waals surface area (Å²) >= 11 is 12.1. The first-order valence-electron chi connectivity index (χ1n) is 7.28. The third-order valence-corrected chi connectivity index (χ3v) is 3.93. The summed E-state index contributed by atoms with van der Waals surface area (Å²) in [6, 6.07) is 9.71. The number of ether oxygens (including phenoxy) is 3. The van der Waals surface area contributed by atoms with Crippen LogP contribution in [0.5, 0.6) is 17.2 Å². The molecule has 0 saturated carbocycles. The highest BCUT2D eigenvalue weighted by atomic mass is 35.5. The lowest BCUT2D eigenvalue weighted by Gasteiger charge is -2.20. The second-order valence-electron chi connectivity index (χ2n) is 5.07. The normalized spacial score (nSPS) is 12.2. The molecule has 0 radical (unpaired) electrons. The molecule has 0 bridgehead atoms. The molecular formula is C17H12Cl2N2O4. The summed E-state index contributed by atoms with van der Waals surface area (Å²) in [6.45, 7) is 0.618. The number of nitriles is 1. The number of hydrogen-bond donors (Lipinski definition) is 1. The van der Waals surface area contributed by atoms with Gasteiger partial charge in [0.15, 0.2) is 18.1 Å². The average molecular weight is 379 g/mol. The molecule has 0 atom stereocenters. The molecule has 1 aliphatic rings. The maximum absolute atomic E-state index is 12.1. The van der Waals surface area contributed by atoms with Gasteiger partial charge in [-0.3, -0.25) is 4.79 Å². The van der Waals surface area contributed by atoms with E-state index >= 15 is 0 Å². The minimum atomic E-state index is -0.418. The van der Waals surface area contributed by atoms with Crippen LogP contribution in [0.1, 0.15) is 5.56 Å². The van der Waals surface area contributed by atoms with Crippen molar-refractivity contribution >= 4 is 34.8 Å². The highest BCUT2D eigenvalue weighted by Gasteiger charge is 2.16. The van der Waals surface area contributed by atoms with Crippen LogP contribution >= 0.6 is 23.2 Å². The molecule has 0 saturated heterocycles. The molecule has 0 fully saturated rings. The summed E-state index contributed by atoms with van der Waals surface area (Å²) < 4.78 is 16.2. The number of fused-ring (bicyclic) bond motifs is 1. The lowest BCUT2D eigenvalue weighted by atomic mass is 10.2. The lowest BCUT2D eigenvalue weighted by molar-refractivity contribution is -0.118. The maximum atomic E-state index is 12.1. The zero-order valence-corrected chi connectivity index (χ0v) is 14.4. The number of rotatable bonds is 4. The second kappa shape index (κ2) is 7.51. The molecule has 1 heterocycles. The van der Waals surface area contributed by atoms with Gasteiger partial charge >= 0.3 is 0 Å². The number of anilines is 1. The van der Waals surface area contributed by atoms with E-state index in [1.807, 2.05) is 6.07 Å². The molecule has 128 valence electrons. The first-order chi connectivity index (χ1) is 12.1. The Balaban J connectivity index is 1.64. The van der Waals surface area contributed by atoms with E-state index in [0.29, 0.717) is 46.7 Å². The fourth-order valence-electron chi connectivity index (χ4n) is 2.18. The van der Waals surface area contributed by atoms with Gasteiger partial charge in [-0.25, -0.2) is 0 Å². The van der Waals surface area contributed by atoms with Gasteiger partial charge < -0.3 is 19.5 Å². The van der Waals surface area contributed by atoms with Gasteiger partial charge in [0.25, 0.3) is 5.91 Å². The topological polar surface area (TPSA) is 80.6 Å². The predicted molar refractivity (Wildman–Crippen MR) is 92.7 cm³/mol. The quantitative estimate of drug-likeness (QED) is 0.877. The number of halogens is 2. The van der Waals surface area contributed by atoms with Gasteiger partial charge in [-0.1, -0.05) is 23.2 Å². The Hall–Kier alpha value is -2.62. The highest BCUT2D eigenvalue weighted by molar-refractivity contribution is 6.34. The van der Waals surface area contributed by atoms with E-state index in [1.165, 1.54) is 12.1 Å². The summed E-state index contributed by atoms with van der Waals surface area (Å²) in [5.74, 6) is 0.944. The van der Waals surface area contributed by atoms with Crippen molar-refractivity contribution in [3.05, 3.63) is 45.9 Å². The van der Waals surface area contributed by atoms with E-state index in [1.54, 1.807) is 18.2 Å². The van der Waals surface area contributed by atoms with Crippen molar-refractivity contribution in [1.29, 1.82) is 5.26 Å². The van der Waals surface area contributed by atoms with Gasteiger partial charge in [0.2, 0.25) is 0 Å². The smallest absolute Gasteiger partial charge is 0.262 e. The molecule has 2 aromatic carbocycles. The fourth-order valence-corrected chi connectivity index (χ4v) is 2.61. The third kappa shape index (κ3) is 4.08. The van der Waals surface area contributed by atoms with Gasteiger partial charge in [0, 0.05) is 12.1 Å². The minimum absolute atomic E-state index is 0.254. The summed E-state index contributed by atoms with van der Waals surface area (Å²) in [5, 5.41) is 12.0. The van der Waals surface area contributed by atoms with Crippen molar-refractivity contribution in [3.63, 3.8) is 0 Å². The number of nitrogens with one attached hydrogen (secondary N) is 1. The molecule has 0 aromatic heterocycles. The summed E-state index contributed by atoms with van der Waals surface area (Å²) in [5.41, 5.74) is 0.801. The first-order valence-corrected chi connectivity index (χ1v) is 8.04. The van der Waals surface area contributed by atoms with E-state index in [-0.39, 0.29) is 11.6 Å². The number of benzene rings is 2. The predicted octanol–water partition coefficient (Wildman–Crippen LogP) is 3.65. The number of carbonyl (C=O) groups is 1.